The first-order valence-corrected chi connectivity index (χ1v) is 9.92. The number of aromatic nitrogens is 5. The lowest BCUT2D eigenvalue weighted by Gasteiger charge is -2.31. The van der Waals surface area contributed by atoms with Gasteiger partial charge in [-0.25, -0.2) is 4.39 Å². The minimum Gasteiger partial charge on any atom is -0.337 e. The minimum absolute atomic E-state index is 0. The SMILES string of the molecule is Cl.O=C(c1cc(-c2ccc(F)cc2)n[nH]1)N1CCC(c2nnc3n2CCNC3)CC1. The van der Waals surface area contributed by atoms with E-state index < -0.39 is 0 Å². The van der Waals surface area contributed by atoms with Gasteiger partial charge in [0.15, 0.2) is 0 Å². The van der Waals surface area contributed by atoms with Crippen molar-refractivity contribution < 1.29 is 9.18 Å². The number of carbonyl (C=O) groups is 1. The molecule has 0 aliphatic carbocycles. The fraction of sp³-hybridized carbons (Fsp3) is 0.400. The van der Waals surface area contributed by atoms with E-state index in [1.54, 1.807) is 18.2 Å². The molecule has 1 aromatic carbocycles. The maximum Gasteiger partial charge on any atom is 0.271 e. The number of H-pyrrole nitrogens is 1. The van der Waals surface area contributed by atoms with Crippen LogP contribution in [0.15, 0.2) is 30.3 Å². The second kappa shape index (κ2) is 8.53. The van der Waals surface area contributed by atoms with E-state index in [0.29, 0.717) is 30.4 Å². The topological polar surface area (TPSA) is 91.7 Å². The largest absolute Gasteiger partial charge is 0.337 e. The van der Waals surface area contributed by atoms with Gasteiger partial charge in [0.25, 0.3) is 5.91 Å². The highest BCUT2D eigenvalue weighted by Gasteiger charge is 2.29. The van der Waals surface area contributed by atoms with Crippen LogP contribution in [0.4, 0.5) is 4.39 Å². The van der Waals surface area contributed by atoms with Gasteiger partial charge in [-0.15, -0.1) is 22.6 Å². The zero-order chi connectivity index (χ0) is 19.8. The Morgan fingerprint density at radius 2 is 1.87 bits per heavy atom. The quantitative estimate of drug-likeness (QED) is 0.664. The van der Waals surface area contributed by atoms with Crippen LogP contribution in [0.1, 0.15) is 40.9 Å². The van der Waals surface area contributed by atoms with Crippen molar-refractivity contribution in [3.63, 3.8) is 0 Å². The molecule has 2 aliphatic rings. The number of benzene rings is 1. The lowest BCUT2D eigenvalue weighted by Crippen LogP contribution is -2.39. The van der Waals surface area contributed by atoms with Crippen molar-refractivity contribution in [1.82, 2.24) is 35.2 Å². The summed E-state index contributed by atoms with van der Waals surface area (Å²) in [4.78, 5) is 14.7. The predicted octanol–water partition coefficient (Wildman–Crippen LogP) is 2.35. The van der Waals surface area contributed by atoms with Crippen LogP contribution in [0.3, 0.4) is 0 Å². The molecule has 0 radical (unpaired) electrons. The van der Waals surface area contributed by atoms with Gasteiger partial charge < -0.3 is 14.8 Å². The van der Waals surface area contributed by atoms with Crippen LogP contribution < -0.4 is 5.32 Å². The van der Waals surface area contributed by atoms with Crippen LogP contribution in [-0.4, -0.2) is 55.4 Å². The number of halogens is 2. The highest BCUT2D eigenvalue weighted by atomic mass is 35.5. The molecule has 0 unspecified atom stereocenters. The summed E-state index contributed by atoms with van der Waals surface area (Å²) in [7, 11) is 0. The highest BCUT2D eigenvalue weighted by molar-refractivity contribution is 5.93. The van der Waals surface area contributed by atoms with Gasteiger partial charge >= 0.3 is 0 Å². The highest BCUT2D eigenvalue weighted by Crippen LogP contribution is 2.28. The van der Waals surface area contributed by atoms with Crippen LogP contribution in [0.5, 0.6) is 0 Å². The van der Waals surface area contributed by atoms with Gasteiger partial charge in [-0.05, 0) is 43.2 Å². The van der Waals surface area contributed by atoms with Crippen molar-refractivity contribution in [2.75, 3.05) is 19.6 Å². The Morgan fingerprint density at radius 3 is 2.63 bits per heavy atom. The standard InChI is InChI=1S/C20H22FN7O.ClH/c21-15-3-1-13(2-4-15)16-11-17(24-23-16)20(29)27-8-5-14(6-9-27)19-26-25-18-12-22-7-10-28(18)19;/h1-4,11,14,22H,5-10,12H2,(H,23,24);1H. The molecule has 2 aliphatic heterocycles. The van der Waals surface area contributed by atoms with Gasteiger partial charge in [0.2, 0.25) is 0 Å². The lowest BCUT2D eigenvalue weighted by atomic mass is 9.95. The Bertz CT molecular complexity index is 1020. The number of hydrogen-bond acceptors (Lipinski definition) is 5. The van der Waals surface area contributed by atoms with Crippen LogP contribution in [0.2, 0.25) is 0 Å². The number of likely N-dealkylation sites (tertiary alicyclic amines) is 1. The summed E-state index contributed by atoms with van der Waals surface area (Å²) in [5.41, 5.74) is 1.85. The van der Waals surface area contributed by atoms with Gasteiger partial charge in [-0.3, -0.25) is 9.89 Å². The maximum atomic E-state index is 13.1. The molecule has 8 nitrogen and oxygen atoms in total. The summed E-state index contributed by atoms with van der Waals surface area (Å²) in [6.07, 6.45) is 1.74. The third-order valence-corrected chi connectivity index (χ3v) is 5.75. The first-order chi connectivity index (χ1) is 14.2. The number of amides is 1. The van der Waals surface area contributed by atoms with E-state index in [1.165, 1.54) is 12.1 Å². The van der Waals surface area contributed by atoms with E-state index >= 15 is 0 Å². The Morgan fingerprint density at radius 1 is 1.10 bits per heavy atom. The molecule has 158 valence electrons. The van der Waals surface area contributed by atoms with E-state index in [4.69, 9.17) is 0 Å². The Labute approximate surface area is 179 Å². The predicted molar refractivity (Wildman–Crippen MR) is 111 cm³/mol. The molecule has 2 N–H and O–H groups in total. The minimum atomic E-state index is -0.298. The van der Waals surface area contributed by atoms with E-state index in [1.807, 2.05) is 4.90 Å². The molecule has 1 fully saturated rings. The number of carbonyl (C=O) groups excluding carboxylic acids is 1. The molecule has 0 spiro atoms. The molecule has 0 atom stereocenters. The zero-order valence-corrected chi connectivity index (χ0v) is 17.2. The van der Waals surface area contributed by atoms with E-state index in [0.717, 1.165) is 49.7 Å². The summed E-state index contributed by atoms with van der Waals surface area (Å²) in [6, 6.07) is 7.80. The number of rotatable bonds is 3. The summed E-state index contributed by atoms with van der Waals surface area (Å²) < 4.78 is 15.3. The third kappa shape index (κ3) is 3.82. The smallest absolute Gasteiger partial charge is 0.271 e. The molecule has 10 heteroatoms. The van der Waals surface area contributed by atoms with Crippen molar-refractivity contribution in [3.8, 4) is 11.3 Å². The summed E-state index contributed by atoms with van der Waals surface area (Å²) in [6.45, 7) is 3.95. The molecular weight excluding hydrogens is 409 g/mol. The normalized spacial score (nSPS) is 16.8. The van der Waals surface area contributed by atoms with Gasteiger partial charge in [-0.1, -0.05) is 0 Å². The zero-order valence-electron chi connectivity index (χ0n) is 16.3. The maximum absolute atomic E-state index is 13.1. The fourth-order valence-corrected chi connectivity index (χ4v) is 4.13. The summed E-state index contributed by atoms with van der Waals surface area (Å²) >= 11 is 0. The summed E-state index contributed by atoms with van der Waals surface area (Å²) in [5, 5.41) is 19.1. The monoisotopic (exact) mass is 431 g/mol. The second-order valence-corrected chi connectivity index (χ2v) is 7.54. The van der Waals surface area contributed by atoms with Crippen molar-refractivity contribution in [2.45, 2.75) is 31.8 Å². The number of fused-ring (bicyclic) bond motifs is 1. The number of nitrogens with one attached hydrogen (secondary N) is 2. The van der Waals surface area contributed by atoms with E-state index in [-0.39, 0.29) is 24.1 Å². The van der Waals surface area contributed by atoms with Crippen LogP contribution in [-0.2, 0) is 13.1 Å². The molecule has 1 saturated heterocycles. The number of hydrogen-bond donors (Lipinski definition) is 2. The van der Waals surface area contributed by atoms with Crippen molar-refractivity contribution in [1.29, 1.82) is 0 Å². The molecule has 5 rings (SSSR count). The molecule has 1 amide bonds. The molecule has 3 aromatic rings. The Hall–Kier alpha value is -2.78. The van der Waals surface area contributed by atoms with Gasteiger partial charge in [0.05, 0.1) is 12.2 Å². The second-order valence-electron chi connectivity index (χ2n) is 7.54. The Kier molecular flexibility index (Phi) is 5.83. The molecule has 30 heavy (non-hydrogen) atoms. The molecule has 4 heterocycles. The van der Waals surface area contributed by atoms with E-state index in [2.05, 4.69) is 30.3 Å². The number of aromatic amines is 1. The average Bonchev–Trinajstić information content (AvgIpc) is 3.42. The Balaban J connectivity index is 0.00000218. The van der Waals surface area contributed by atoms with Crippen molar-refractivity contribution in [2.24, 2.45) is 0 Å². The van der Waals surface area contributed by atoms with Gasteiger partial charge in [-0.2, -0.15) is 5.10 Å². The van der Waals surface area contributed by atoms with Crippen LogP contribution in [0, 0.1) is 5.82 Å². The van der Waals surface area contributed by atoms with Crippen molar-refractivity contribution in [3.05, 3.63) is 53.5 Å². The first-order valence-electron chi connectivity index (χ1n) is 9.92. The van der Waals surface area contributed by atoms with Crippen LogP contribution in [0.25, 0.3) is 11.3 Å². The van der Waals surface area contributed by atoms with Crippen molar-refractivity contribution >= 4 is 18.3 Å². The third-order valence-electron chi connectivity index (χ3n) is 5.75. The van der Waals surface area contributed by atoms with E-state index in [9.17, 15) is 9.18 Å². The molecular formula is C20H23ClFN7O. The van der Waals surface area contributed by atoms with Gasteiger partial charge in [0, 0.05) is 37.7 Å². The van der Waals surface area contributed by atoms with Crippen LogP contribution >= 0.6 is 12.4 Å². The molecule has 0 bridgehead atoms. The molecule has 2 aromatic heterocycles. The lowest BCUT2D eigenvalue weighted by molar-refractivity contribution is 0.0704. The first kappa shape index (κ1) is 20.5. The average molecular weight is 432 g/mol. The fourth-order valence-electron chi connectivity index (χ4n) is 4.13. The number of piperidine rings is 1. The number of nitrogens with zero attached hydrogens (tertiary/aromatic N) is 5. The van der Waals surface area contributed by atoms with Gasteiger partial charge in [0.1, 0.15) is 23.2 Å². The molecule has 0 saturated carbocycles. The summed E-state index contributed by atoms with van der Waals surface area (Å²) in [5.74, 6) is 2.02.